The third-order valence-electron chi connectivity index (χ3n) is 4.63. The van der Waals surface area contributed by atoms with E-state index in [4.69, 9.17) is 19.4 Å². The van der Waals surface area contributed by atoms with Crippen molar-refractivity contribution in [2.24, 2.45) is 0 Å². The summed E-state index contributed by atoms with van der Waals surface area (Å²) in [5, 5.41) is 4.37. The minimum Gasteiger partial charge on any atom is -0.493 e. The largest absolute Gasteiger partial charge is 0.493 e. The van der Waals surface area contributed by atoms with Crippen molar-refractivity contribution in [3.63, 3.8) is 0 Å². The molecule has 26 heavy (non-hydrogen) atoms. The zero-order valence-corrected chi connectivity index (χ0v) is 15.0. The first-order valence-corrected chi connectivity index (χ1v) is 8.75. The zero-order chi connectivity index (χ0) is 17.9. The molecule has 134 valence electrons. The van der Waals surface area contributed by atoms with Crippen LogP contribution in [0.5, 0.6) is 11.5 Å². The van der Waals surface area contributed by atoms with E-state index in [2.05, 4.69) is 10.2 Å². The number of piperazine rings is 1. The number of fused-ring (bicyclic) bond motifs is 1. The predicted octanol–water partition coefficient (Wildman–Crippen LogP) is 2.72. The Labute approximate surface area is 152 Å². The average Bonchev–Trinajstić information content (AvgIpc) is 2.73. The molecule has 1 aliphatic rings. The quantitative estimate of drug-likeness (QED) is 0.781. The topological polar surface area (TPSA) is 59.5 Å². The summed E-state index contributed by atoms with van der Waals surface area (Å²) >= 11 is 0. The molecule has 1 fully saturated rings. The van der Waals surface area contributed by atoms with Gasteiger partial charge in [0.15, 0.2) is 17.3 Å². The summed E-state index contributed by atoms with van der Waals surface area (Å²) in [7, 11) is 3.29. The highest BCUT2D eigenvalue weighted by molar-refractivity contribution is 5.93. The number of benzene rings is 2. The normalized spacial score (nSPS) is 14.5. The van der Waals surface area contributed by atoms with E-state index in [-0.39, 0.29) is 0 Å². The van der Waals surface area contributed by atoms with Crippen molar-refractivity contribution in [2.45, 2.75) is 0 Å². The molecule has 2 heterocycles. The molecule has 1 saturated heterocycles. The van der Waals surface area contributed by atoms with Crippen molar-refractivity contribution in [1.82, 2.24) is 15.3 Å². The van der Waals surface area contributed by atoms with Crippen LogP contribution in [0.15, 0.2) is 42.5 Å². The van der Waals surface area contributed by atoms with E-state index >= 15 is 0 Å². The third-order valence-corrected chi connectivity index (χ3v) is 4.63. The van der Waals surface area contributed by atoms with Gasteiger partial charge in [0.25, 0.3) is 0 Å². The molecule has 1 N–H and O–H groups in total. The molecule has 6 nitrogen and oxygen atoms in total. The third kappa shape index (κ3) is 3.04. The van der Waals surface area contributed by atoms with E-state index in [9.17, 15) is 0 Å². The van der Waals surface area contributed by atoms with Gasteiger partial charge in [0.1, 0.15) is 5.82 Å². The van der Waals surface area contributed by atoms with E-state index in [1.54, 1.807) is 14.2 Å². The Kier molecular flexibility index (Phi) is 4.58. The Bertz CT molecular complexity index is 909. The number of aromatic nitrogens is 2. The number of hydrogen-bond donors (Lipinski definition) is 1. The highest BCUT2D eigenvalue weighted by Crippen LogP contribution is 2.36. The lowest BCUT2D eigenvalue weighted by atomic mass is 10.1. The van der Waals surface area contributed by atoms with Gasteiger partial charge in [-0.2, -0.15) is 0 Å². The summed E-state index contributed by atoms with van der Waals surface area (Å²) in [5.41, 5.74) is 1.85. The van der Waals surface area contributed by atoms with Crippen molar-refractivity contribution in [3.05, 3.63) is 42.5 Å². The molecule has 0 radical (unpaired) electrons. The van der Waals surface area contributed by atoms with Crippen LogP contribution in [0.3, 0.4) is 0 Å². The molecule has 0 aliphatic carbocycles. The van der Waals surface area contributed by atoms with E-state index in [0.717, 1.165) is 54.3 Å². The fourth-order valence-electron chi connectivity index (χ4n) is 3.27. The second-order valence-electron chi connectivity index (χ2n) is 6.20. The average molecular weight is 350 g/mol. The van der Waals surface area contributed by atoms with Crippen LogP contribution in [0.1, 0.15) is 0 Å². The lowest BCUT2D eigenvalue weighted by molar-refractivity contribution is 0.356. The van der Waals surface area contributed by atoms with Crippen LogP contribution < -0.4 is 19.7 Å². The van der Waals surface area contributed by atoms with Gasteiger partial charge in [0, 0.05) is 43.2 Å². The molecule has 6 heteroatoms. The van der Waals surface area contributed by atoms with E-state index in [1.165, 1.54) is 0 Å². The second kappa shape index (κ2) is 7.17. The van der Waals surface area contributed by atoms with Gasteiger partial charge in [-0.05, 0) is 6.07 Å². The van der Waals surface area contributed by atoms with Crippen molar-refractivity contribution in [2.75, 3.05) is 45.3 Å². The Morgan fingerprint density at radius 2 is 1.62 bits per heavy atom. The zero-order valence-electron chi connectivity index (χ0n) is 15.0. The first kappa shape index (κ1) is 16.6. The summed E-state index contributed by atoms with van der Waals surface area (Å²) in [6, 6.07) is 14.0. The van der Waals surface area contributed by atoms with Gasteiger partial charge in [0.05, 0.1) is 19.7 Å². The molecule has 0 bridgehead atoms. The van der Waals surface area contributed by atoms with Gasteiger partial charge in [-0.3, -0.25) is 0 Å². The van der Waals surface area contributed by atoms with Crippen LogP contribution in [0.4, 0.5) is 5.82 Å². The Balaban J connectivity index is 1.94. The number of ether oxygens (including phenoxy) is 2. The molecule has 0 atom stereocenters. The number of rotatable bonds is 4. The number of nitrogens with one attached hydrogen (secondary N) is 1. The van der Waals surface area contributed by atoms with E-state index < -0.39 is 0 Å². The highest BCUT2D eigenvalue weighted by atomic mass is 16.5. The van der Waals surface area contributed by atoms with Gasteiger partial charge in [-0.1, -0.05) is 30.3 Å². The maximum atomic E-state index is 5.49. The van der Waals surface area contributed by atoms with E-state index in [1.807, 2.05) is 42.5 Å². The molecule has 0 spiro atoms. The summed E-state index contributed by atoms with van der Waals surface area (Å²) < 4.78 is 11.0. The van der Waals surface area contributed by atoms with Crippen LogP contribution in [-0.2, 0) is 0 Å². The minimum absolute atomic E-state index is 0.670. The van der Waals surface area contributed by atoms with Crippen LogP contribution in [0, 0.1) is 0 Å². The van der Waals surface area contributed by atoms with Crippen molar-refractivity contribution in [1.29, 1.82) is 0 Å². The number of hydrogen-bond acceptors (Lipinski definition) is 6. The van der Waals surface area contributed by atoms with Crippen LogP contribution in [-0.4, -0.2) is 50.4 Å². The lowest BCUT2D eigenvalue weighted by Gasteiger charge is -2.29. The van der Waals surface area contributed by atoms with Crippen molar-refractivity contribution >= 4 is 16.7 Å². The molecule has 0 unspecified atom stereocenters. The van der Waals surface area contributed by atoms with Gasteiger partial charge in [-0.15, -0.1) is 0 Å². The SMILES string of the molecule is COc1cc2nc(-c3ccccc3)nc(N3CCNCC3)c2cc1OC. The fourth-order valence-corrected chi connectivity index (χ4v) is 3.27. The summed E-state index contributed by atoms with van der Waals surface area (Å²) in [5.74, 6) is 3.02. The second-order valence-corrected chi connectivity index (χ2v) is 6.20. The highest BCUT2D eigenvalue weighted by Gasteiger charge is 2.19. The molecule has 0 saturated carbocycles. The first-order chi connectivity index (χ1) is 12.8. The van der Waals surface area contributed by atoms with Crippen LogP contribution in [0.2, 0.25) is 0 Å². The molecule has 3 aromatic rings. The standard InChI is InChI=1S/C20H22N4O2/c1-25-17-12-15-16(13-18(17)26-2)22-19(14-6-4-3-5-7-14)23-20(15)24-10-8-21-9-11-24/h3-7,12-13,21H,8-11H2,1-2H3. The number of methoxy groups -OCH3 is 2. The monoisotopic (exact) mass is 350 g/mol. The Hall–Kier alpha value is -2.86. The molecular formula is C20H22N4O2. The maximum absolute atomic E-state index is 5.49. The smallest absolute Gasteiger partial charge is 0.162 e. The van der Waals surface area contributed by atoms with Gasteiger partial charge >= 0.3 is 0 Å². The van der Waals surface area contributed by atoms with Gasteiger partial charge < -0.3 is 19.7 Å². The first-order valence-electron chi connectivity index (χ1n) is 8.75. The number of anilines is 1. The van der Waals surface area contributed by atoms with Crippen LogP contribution >= 0.6 is 0 Å². The summed E-state index contributed by atoms with van der Waals surface area (Å²) in [4.78, 5) is 12.0. The number of nitrogens with zero attached hydrogens (tertiary/aromatic N) is 3. The fraction of sp³-hybridized carbons (Fsp3) is 0.300. The van der Waals surface area contributed by atoms with Crippen LogP contribution in [0.25, 0.3) is 22.3 Å². The predicted molar refractivity (Wildman–Crippen MR) is 103 cm³/mol. The molecule has 2 aromatic carbocycles. The maximum Gasteiger partial charge on any atom is 0.162 e. The molecule has 4 rings (SSSR count). The minimum atomic E-state index is 0.670. The molecule has 1 aliphatic heterocycles. The molecule has 0 amide bonds. The van der Waals surface area contributed by atoms with Crippen molar-refractivity contribution < 1.29 is 9.47 Å². The lowest BCUT2D eigenvalue weighted by Crippen LogP contribution is -2.44. The summed E-state index contributed by atoms with van der Waals surface area (Å²) in [6.07, 6.45) is 0. The Morgan fingerprint density at radius 1 is 0.923 bits per heavy atom. The Morgan fingerprint density at radius 3 is 2.31 bits per heavy atom. The van der Waals surface area contributed by atoms with Gasteiger partial charge in [0.2, 0.25) is 0 Å². The van der Waals surface area contributed by atoms with E-state index in [0.29, 0.717) is 11.5 Å². The van der Waals surface area contributed by atoms with Crippen molar-refractivity contribution in [3.8, 4) is 22.9 Å². The molecular weight excluding hydrogens is 328 g/mol. The molecule has 1 aromatic heterocycles. The van der Waals surface area contributed by atoms with Gasteiger partial charge in [-0.25, -0.2) is 9.97 Å². The summed E-state index contributed by atoms with van der Waals surface area (Å²) in [6.45, 7) is 3.71.